The number of rotatable bonds is 9. The van der Waals surface area contributed by atoms with E-state index in [0.717, 1.165) is 29.9 Å². The van der Waals surface area contributed by atoms with Gasteiger partial charge in [0.2, 0.25) is 0 Å². The first kappa shape index (κ1) is 25.3. The quantitative estimate of drug-likeness (QED) is 0.197. The molecule has 0 aliphatic carbocycles. The smallest absolute Gasteiger partial charge is 0.349 e. The topological polar surface area (TPSA) is 127 Å². The van der Waals surface area contributed by atoms with Gasteiger partial charge in [0.1, 0.15) is 11.6 Å². The van der Waals surface area contributed by atoms with E-state index in [1.54, 1.807) is 0 Å². The van der Waals surface area contributed by atoms with Gasteiger partial charge in [-0.3, -0.25) is 14.9 Å². The summed E-state index contributed by atoms with van der Waals surface area (Å²) >= 11 is 0. The van der Waals surface area contributed by atoms with Crippen LogP contribution >= 0.6 is 0 Å². The minimum absolute atomic E-state index is 0.134. The van der Waals surface area contributed by atoms with Crippen molar-refractivity contribution in [1.29, 1.82) is 5.26 Å². The maximum atomic E-state index is 12.4. The molecule has 0 aliphatic heterocycles. The van der Waals surface area contributed by atoms with Crippen LogP contribution in [0.1, 0.15) is 42.8 Å². The molecule has 0 atom stereocenters. The third-order valence-corrected chi connectivity index (χ3v) is 5.29. The number of nitrogens with zero attached hydrogens (tertiary/aromatic N) is 3. The second kappa shape index (κ2) is 11.1. The molecule has 2 aromatic rings. The van der Waals surface area contributed by atoms with Gasteiger partial charge in [-0.1, -0.05) is 19.9 Å². The third-order valence-electron chi connectivity index (χ3n) is 5.29. The Morgan fingerprint density at radius 3 is 2.61 bits per heavy atom. The molecule has 9 heteroatoms. The van der Waals surface area contributed by atoms with Crippen LogP contribution in [0.15, 0.2) is 29.8 Å². The van der Waals surface area contributed by atoms with Gasteiger partial charge in [-0.2, -0.15) is 5.26 Å². The van der Waals surface area contributed by atoms with Gasteiger partial charge >= 0.3 is 5.97 Å². The summed E-state index contributed by atoms with van der Waals surface area (Å²) < 4.78 is 7.13. The van der Waals surface area contributed by atoms with Crippen LogP contribution in [0, 0.1) is 48.1 Å². The number of carbonyl (C=O) groups is 2. The standard InChI is InChI=1S/C24H28N4O5/c1-15(2)9-10-27-16(3)11-19(18(27)5)12-20(13-25)24(30)33-14-23(29)26-21-7-6-8-22(17(21)4)28(31)32/h6-8,11-12,15H,9-10,14H2,1-5H3,(H,26,29)/b20-12+. The van der Waals surface area contributed by atoms with Crippen LogP contribution in [0.2, 0.25) is 0 Å². The Morgan fingerprint density at radius 2 is 2.00 bits per heavy atom. The average molecular weight is 453 g/mol. The molecule has 0 aliphatic rings. The highest BCUT2D eigenvalue weighted by atomic mass is 16.6. The van der Waals surface area contributed by atoms with Crippen molar-refractivity contribution < 1.29 is 19.2 Å². The Morgan fingerprint density at radius 1 is 1.30 bits per heavy atom. The summed E-state index contributed by atoms with van der Waals surface area (Å²) in [5, 5.41) is 22.9. The zero-order valence-corrected chi connectivity index (χ0v) is 19.5. The first-order chi connectivity index (χ1) is 15.5. The second-order valence-corrected chi connectivity index (χ2v) is 8.16. The highest BCUT2D eigenvalue weighted by molar-refractivity contribution is 6.00. The molecule has 9 nitrogen and oxygen atoms in total. The molecule has 0 radical (unpaired) electrons. The lowest BCUT2D eigenvalue weighted by Crippen LogP contribution is -2.22. The number of esters is 1. The van der Waals surface area contributed by atoms with Gasteiger partial charge in [0.25, 0.3) is 11.6 Å². The van der Waals surface area contributed by atoms with Crippen LogP contribution in [-0.2, 0) is 20.9 Å². The Labute approximate surface area is 192 Å². The number of carbonyl (C=O) groups excluding carboxylic acids is 2. The van der Waals surface area contributed by atoms with Crippen LogP contribution in [0.3, 0.4) is 0 Å². The van der Waals surface area contributed by atoms with Gasteiger partial charge in [-0.05, 0) is 56.9 Å². The molecule has 1 aromatic carbocycles. The fraction of sp³-hybridized carbons (Fsp3) is 0.375. The van der Waals surface area contributed by atoms with Crippen molar-refractivity contribution in [2.75, 3.05) is 11.9 Å². The van der Waals surface area contributed by atoms with E-state index in [1.807, 2.05) is 26.0 Å². The highest BCUT2D eigenvalue weighted by Crippen LogP contribution is 2.25. The van der Waals surface area contributed by atoms with Gasteiger partial charge in [0.05, 0.1) is 16.2 Å². The van der Waals surface area contributed by atoms with Gasteiger partial charge in [-0.15, -0.1) is 0 Å². The Hall–Kier alpha value is -3.93. The summed E-state index contributed by atoms with van der Waals surface area (Å²) in [5.41, 5.74) is 2.87. The minimum Gasteiger partial charge on any atom is -0.451 e. The number of anilines is 1. The molecule has 33 heavy (non-hydrogen) atoms. The summed E-state index contributed by atoms with van der Waals surface area (Å²) in [4.78, 5) is 35.0. The number of hydrogen-bond acceptors (Lipinski definition) is 6. The predicted octanol–water partition coefficient (Wildman–Crippen LogP) is 4.46. The molecule has 1 N–H and O–H groups in total. The maximum Gasteiger partial charge on any atom is 0.349 e. The van der Waals surface area contributed by atoms with Crippen molar-refractivity contribution >= 4 is 29.3 Å². The van der Waals surface area contributed by atoms with E-state index in [-0.39, 0.29) is 22.5 Å². The van der Waals surface area contributed by atoms with E-state index in [2.05, 4.69) is 23.7 Å². The third kappa shape index (κ3) is 6.53. The number of benzene rings is 1. The summed E-state index contributed by atoms with van der Waals surface area (Å²) in [6.45, 7) is 9.90. The first-order valence-corrected chi connectivity index (χ1v) is 10.5. The summed E-state index contributed by atoms with van der Waals surface area (Å²) in [6.07, 6.45) is 2.46. The number of aryl methyl sites for hydroxylation is 1. The number of nitriles is 1. The summed E-state index contributed by atoms with van der Waals surface area (Å²) in [7, 11) is 0. The van der Waals surface area contributed by atoms with E-state index in [4.69, 9.17) is 4.74 Å². The Kier molecular flexibility index (Phi) is 8.51. The van der Waals surface area contributed by atoms with Gasteiger partial charge in [0, 0.05) is 24.0 Å². The average Bonchev–Trinajstić information content (AvgIpc) is 3.02. The van der Waals surface area contributed by atoms with Crippen molar-refractivity contribution in [2.24, 2.45) is 5.92 Å². The molecule has 0 saturated heterocycles. The minimum atomic E-state index is -0.921. The molecule has 1 heterocycles. The second-order valence-electron chi connectivity index (χ2n) is 8.16. The molecule has 0 unspecified atom stereocenters. The number of nitro benzene ring substituents is 1. The van der Waals surface area contributed by atoms with Crippen LogP contribution < -0.4 is 5.32 Å². The lowest BCUT2D eigenvalue weighted by Gasteiger charge is -2.11. The maximum absolute atomic E-state index is 12.4. The number of amides is 1. The zero-order chi connectivity index (χ0) is 24.7. The molecule has 0 saturated carbocycles. The molecular weight excluding hydrogens is 424 g/mol. The molecule has 0 fully saturated rings. The Balaban J connectivity index is 2.07. The molecule has 1 amide bonds. The molecule has 174 valence electrons. The fourth-order valence-electron chi connectivity index (χ4n) is 3.35. The van der Waals surface area contributed by atoms with Gasteiger partial charge < -0.3 is 14.6 Å². The number of hydrogen-bond donors (Lipinski definition) is 1. The van der Waals surface area contributed by atoms with Crippen molar-refractivity contribution in [2.45, 2.75) is 47.6 Å². The van der Waals surface area contributed by atoms with Gasteiger partial charge in [-0.25, -0.2) is 4.79 Å². The Bertz CT molecular complexity index is 1140. The predicted molar refractivity (Wildman–Crippen MR) is 124 cm³/mol. The largest absolute Gasteiger partial charge is 0.451 e. The fourth-order valence-corrected chi connectivity index (χ4v) is 3.35. The molecule has 0 spiro atoms. The van der Waals surface area contributed by atoms with E-state index in [0.29, 0.717) is 5.92 Å². The number of ether oxygens (including phenoxy) is 1. The van der Waals surface area contributed by atoms with E-state index < -0.39 is 23.4 Å². The van der Waals surface area contributed by atoms with E-state index >= 15 is 0 Å². The molecule has 1 aromatic heterocycles. The number of aromatic nitrogens is 1. The van der Waals surface area contributed by atoms with Crippen LogP contribution in [0.4, 0.5) is 11.4 Å². The monoisotopic (exact) mass is 452 g/mol. The first-order valence-electron chi connectivity index (χ1n) is 10.5. The van der Waals surface area contributed by atoms with E-state index in [1.165, 1.54) is 31.2 Å². The SMILES string of the molecule is Cc1c(NC(=O)COC(=O)/C(C#N)=C/c2cc(C)n(CCC(C)C)c2C)cccc1[N+](=O)[O-]. The lowest BCUT2D eigenvalue weighted by molar-refractivity contribution is -0.385. The normalized spacial score (nSPS) is 11.2. The van der Waals surface area contributed by atoms with Crippen molar-refractivity contribution in [3.63, 3.8) is 0 Å². The summed E-state index contributed by atoms with van der Waals surface area (Å²) in [5.74, 6) is -1.04. The summed E-state index contributed by atoms with van der Waals surface area (Å²) in [6, 6.07) is 8.02. The van der Waals surface area contributed by atoms with E-state index in [9.17, 15) is 25.0 Å². The molecular formula is C24H28N4O5. The zero-order valence-electron chi connectivity index (χ0n) is 19.5. The molecule has 2 rings (SSSR count). The van der Waals surface area contributed by atoms with Crippen LogP contribution in [-0.4, -0.2) is 28.0 Å². The number of nitro groups is 1. The highest BCUT2D eigenvalue weighted by Gasteiger charge is 2.18. The number of nitrogens with one attached hydrogen (secondary N) is 1. The van der Waals surface area contributed by atoms with Crippen molar-refractivity contribution in [3.05, 3.63) is 62.5 Å². The molecule has 0 bridgehead atoms. The van der Waals surface area contributed by atoms with Crippen LogP contribution in [0.25, 0.3) is 6.08 Å². The van der Waals surface area contributed by atoms with Crippen molar-refractivity contribution in [1.82, 2.24) is 4.57 Å². The lowest BCUT2D eigenvalue weighted by atomic mass is 10.1. The van der Waals surface area contributed by atoms with Crippen molar-refractivity contribution in [3.8, 4) is 6.07 Å². The van der Waals surface area contributed by atoms with Gasteiger partial charge in [0.15, 0.2) is 6.61 Å². The van der Waals surface area contributed by atoms with Crippen LogP contribution in [0.5, 0.6) is 0 Å².